The van der Waals surface area contributed by atoms with Crippen molar-refractivity contribution in [1.29, 1.82) is 0 Å². The van der Waals surface area contributed by atoms with E-state index in [2.05, 4.69) is 15.2 Å². The number of aromatic hydroxyl groups is 1. The number of nitrogens with one attached hydrogen (secondary N) is 1. The molecule has 0 aliphatic carbocycles. The first-order valence-corrected chi connectivity index (χ1v) is 7.08. The molecular formula is C14H8Cl2N4O3. The number of hydrogen-bond donors (Lipinski definition) is 2. The number of nitro benzene ring substituents is 1. The summed E-state index contributed by atoms with van der Waals surface area (Å²) in [5.74, 6) is -0.248. The summed E-state index contributed by atoms with van der Waals surface area (Å²) < 4.78 is 0. The van der Waals surface area contributed by atoms with E-state index >= 15 is 0 Å². The van der Waals surface area contributed by atoms with Crippen LogP contribution in [-0.4, -0.2) is 15.0 Å². The van der Waals surface area contributed by atoms with Crippen molar-refractivity contribution in [3.8, 4) is 5.88 Å². The minimum absolute atomic E-state index is 0.0831. The number of halogens is 2. The third-order valence-electron chi connectivity index (χ3n) is 3.14. The van der Waals surface area contributed by atoms with Crippen LogP contribution < -0.4 is 0 Å². The number of benzene rings is 2. The lowest BCUT2D eigenvalue weighted by atomic mass is 10.2. The van der Waals surface area contributed by atoms with Gasteiger partial charge in [0.25, 0.3) is 5.69 Å². The number of nitrogens with zero attached hydrogens (tertiary/aromatic N) is 3. The lowest BCUT2D eigenvalue weighted by molar-refractivity contribution is -0.384. The van der Waals surface area contributed by atoms with Crippen LogP contribution >= 0.6 is 23.2 Å². The van der Waals surface area contributed by atoms with Gasteiger partial charge in [-0.05, 0) is 18.2 Å². The summed E-state index contributed by atoms with van der Waals surface area (Å²) in [5.41, 5.74) is 0.783. The molecule has 0 aliphatic rings. The molecule has 2 N–H and O–H groups in total. The molecule has 116 valence electrons. The molecule has 0 unspecified atom stereocenters. The number of aromatic nitrogens is 1. The third kappa shape index (κ3) is 2.84. The average Bonchev–Trinajstić information content (AvgIpc) is 2.83. The number of rotatable bonds is 3. The number of non-ortho nitro benzene ring substituents is 1. The van der Waals surface area contributed by atoms with Gasteiger partial charge in [-0.1, -0.05) is 29.3 Å². The van der Waals surface area contributed by atoms with Crippen molar-refractivity contribution in [2.24, 2.45) is 10.2 Å². The van der Waals surface area contributed by atoms with E-state index in [0.29, 0.717) is 21.6 Å². The second-order valence-electron chi connectivity index (χ2n) is 4.58. The minimum atomic E-state index is -0.530. The minimum Gasteiger partial charge on any atom is -0.493 e. The van der Waals surface area contributed by atoms with Gasteiger partial charge in [-0.25, -0.2) is 0 Å². The highest BCUT2D eigenvalue weighted by Crippen LogP contribution is 2.39. The lowest BCUT2D eigenvalue weighted by Gasteiger charge is -1.98. The molecule has 0 fully saturated rings. The van der Waals surface area contributed by atoms with Crippen LogP contribution in [0.1, 0.15) is 0 Å². The van der Waals surface area contributed by atoms with E-state index in [1.54, 1.807) is 18.2 Å². The zero-order chi connectivity index (χ0) is 16.6. The van der Waals surface area contributed by atoms with Crippen molar-refractivity contribution < 1.29 is 10.0 Å². The first-order valence-electron chi connectivity index (χ1n) is 6.32. The molecule has 0 atom stereocenters. The predicted molar refractivity (Wildman–Crippen MR) is 87.3 cm³/mol. The summed E-state index contributed by atoms with van der Waals surface area (Å²) in [6.45, 7) is 0. The number of H-pyrrole nitrogens is 1. The molecule has 3 rings (SSSR count). The van der Waals surface area contributed by atoms with Crippen LogP contribution in [0.25, 0.3) is 10.9 Å². The van der Waals surface area contributed by atoms with Crippen LogP contribution in [0.5, 0.6) is 5.88 Å². The molecule has 0 spiro atoms. The largest absolute Gasteiger partial charge is 0.493 e. The highest BCUT2D eigenvalue weighted by Gasteiger charge is 2.15. The summed E-state index contributed by atoms with van der Waals surface area (Å²) in [5, 5.41) is 29.6. The Morgan fingerprint density at radius 3 is 2.70 bits per heavy atom. The van der Waals surface area contributed by atoms with Gasteiger partial charge < -0.3 is 10.1 Å². The fraction of sp³-hybridized carbons (Fsp3) is 0. The normalized spacial score (nSPS) is 11.4. The number of hydrogen-bond acceptors (Lipinski definition) is 5. The van der Waals surface area contributed by atoms with Crippen LogP contribution in [0.2, 0.25) is 10.0 Å². The number of aromatic amines is 1. The van der Waals surface area contributed by atoms with Gasteiger partial charge in [0.05, 0.1) is 20.5 Å². The third-order valence-corrected chi connectivity index (χ3v) is 3.94. The van der Waals surface area contributed by atoms with E-state index in [-0.39, 0.29) is 22.3 Å². The molecule has 2 aromatic carbocycles. The SMILES string of the molecule is O=[N+]([O-])c1ccc2[nH]c(O)c(N=Nc3cccc(Cl)c3Cl)c2c1. The van der Waals surface area contributed by atoms with E-state index in [1.165, 1.54) is 18.2 Å². The van der Waals surface area contributed by atoms with Gasteiger partial charge in [0, 0.05) is 17.5 Å². The van der Waals surface area contributed by atoms with Crippen LogP contribution in [0.3, 0.4) is 0 Å². The summed E-state index contributed by atoms with van der Waals surface area (Å²) >= 11 is 11.9. The maximum Gasteiger partial charge on any atom is 0.270 e. The topological polar surface area (TPSA) is 104 Å². The molecule has 1 heterocycles. The fourth-order valence-electron chi connectivity index (χ4n) is 2.04. The molecule has 0 amide bonds. The molecule has 1 aromatic heterocycles. The van der Waals surface area contributed by atoms with Crippen molar-refractivity contribution in [1.82, 2.24) is 4.98 Å². The smallest absolute Gasteiger partial charge is 0.270 e. The Morgan fingerprint density at radius 1 is 1.17 bits per heavy atom. The van der Waals surface area contributed by atoms with Gasteiger partial charge in [0.1, 0.15) is 5.69 Å². The molecule has 0 saturated heterocycles. The van der Waals surface area contributed by atoms with Gasteiger partial charge in [0.2, 0.25) is 5.88 Å². The number of nitro groups is 1. The Bertz CT molecular complexity index is 953. The van der Waals surface area contributed by atoms with Crippen molar-refractivity contribution in [2.75, 3.05) is 0 Å². The summed E-state index contributed by atoms with van der Waals surface area (Å²) in [6, 6.07) is 8.98. The zero-order valence-corrected chi connectivity index (χ0v) is 12.8. The van der Waals surface area contributed by atoms with Crippen molar-refractivity contribution in [2.45, 2.75) is 0 Å². The maximum atomic E-state index is 10.9. The molecule has 0 saturated carbocycles. The van der Waals surface area contributed by atoms with Gasteiger partial charge in [-0.2, -0.15) is 0 Å². The highest BCUT2D eigenvalue weighted by atomic mass is 35.5. The molecule has 0 radical (unpaired) electrons. The monoisotopic (exact) mass is 350 g/mol. The van der Waals surface area contributed by atoms with Crippen molar-refractivity contribution in [3.05, 3.63) is 56.6 Å². The molecular weight excluding hydrogens is 343 g/mol. The van der Waals surface area contributed by atoms with Gasteiger partial charge in [0.15, 0.2) is 5.69 Å². The Balaban J connectivity index is 2.10. The average molecular weight is 351 g/mol. The molecule has 7 nitrogen and oxygen atoms in total. The number of fused-ring (bicyclic) bond motifs is 1. The van der Waals surface area contributed by atoms with Crippen LogP contribution in [-0.2, 0) is 0 Å². The van der Waals surface area contributed by atoms with E-state index in [9.17, 15) is 15.2 Å². The summed E-state index contributed by atoms with van der Waals surface area (Å²) in [6.07, 6.45) is 0. The van der Waals surface area contributed by atoms with E-state index in [4.69, 9.17) is 23.2 Å². The van der Waals surface area contributed by atoms with Gasteiger partial charge >= 0.3 is 0 Å². The fourth-order valence-corrected chi connectivity index (χ4v) is 2.37. The summed E-state index contributed by atoms with van der Waals surface area (Å²) in [7, 11) is 0. The second kappa shape index (κ2) is 5.86. The van der Waals surface area contributed by atoms with E-state index < -0.39 is 4.92 Å². The standard InChI is InChI=1S/C14H8Cl2N4O3/c15-9-2-1-3-11(12(9)16)18-19-13-8-6-7(20(22)23)4-5-10(8)17-14(13)21/h1-6,17,21H. The van der Waals surface area contributed by atoms with Crippen LogP contribution in [0, 0.1) is 10.1 Å². The van der Waals surface area contributed by atoms with Crippen molar-refractivity contribution in [3.63, 3.8) is 0 Å². The molecule has 23 heavy (non-hydrogen) atoms. The van der Waals surface area contributed by atoms with E-state index in [0.717, 1.165) is 0 Å². The van der Waals surface area contributed by atoms with E-state index in [1.807, 2.05) is 0 Å². The summed E-state index contributed by atoms with van der Waals surface area (Å²) in [4.78, 5) is 13.0. The predicted octanol–water partition coefficient (Wildman–Crippen LogP) is 5.50. The first kappa shape index (κ1) is 15.3. The van der Waals surface area contributed by atoms with Crippen molar-refractivity contribution >= 4 is 51.2 Å². The van der Waals surface area contributed by atoms with Crippen LogP contribution in [0.4, 0.5) is 17.1 Å². The molecule has 0 aliphatic heterocycles. The molecule has 3 aromatic rings. The Hall–Kier alpha value is -2.64. The number of azo groups is 1. The molecule has 9 heteroatoms. The second-order valence-corrected chi connectivity index (χ2v) is 5.37. The van der Waals surface area contributed by atoms with Crippen LogP contribution in [0.15, 0.2) is 46.6 Å². The first-order chi connectivity index (χ1) is 11.0. The highest BCUT2D eigenvalue weighted by molar-refractivity contribution is 6.43. The lowest BCUT2D eigenvalue weighted by Crippen LogP contribution is -1.86. The Morgan fingerprint density at radius 2 is 1.96 bits per heavy atom. The Kier molecular flexibility index (Phi) is 3.89. The Labute approximate surface area is 139 Å². The maximum absolute atomic E-state index is 10.9. The van der Waals surface area contributed by atoms with Gasteiger partial charge in [-0.15, -0.1) is 10.2 Å². The zero-order valence-electron chi connectivity index (χ0n) is 11.3. The quantitative estimate of drug-likeness (QED) is 0.370. The van der Waals surface area contributed by atoms with Gasteiger partial charge in [-0.3, -0.25) is 10.1 Å². The molecule has 0 bridgehead atoms.